The van der Waals surface area contributed by atoms with E-state index in [-0.39, 0.29) is 5.91 Å². The Balaban J connectivity index is 1.46. The second-order valence-electron chi connectivity index (χ2n) is 7.53. The number of hydrogen-bond donors (Lipinski definition) is 1. The maximum Gasteiger partial charge on any atom is 0.267 e. The molecule has 0 atom stereocenters. The van der Waals surface area contributed by atoms with Gasteiger partial charge in [0.2, 0.25) is 0 Å². The lowest BCUT2D eigenvalue weighted by atomic mass is 10.1. The molecule has 1 N–H and O–H groups in total. The molecule has 1 aliphatic rings. The lowest BCUT2D eigenvalue weighted by molar-refractivity contribution is 0.103. The number of carbonyl (C=O) groups is 1. The number of benzene rings is 2. The number of anilines is 2. The highest BCUT2D eigenvalue weighted by atomic mass is 32.1. The van der Waals surface area contributed by atoms with Crippen molar-refractivity contribution >= 4 is 28.6 Å². The van der Waals surface area contributed by atoms with Gasteiger partial charge in [0.1, 0.15) is 9.88 Å². The molecule has 1 fully saturated rings. The van der Waals surface area contributed by atoms with Crippen LogP contribution >= 0.6 is 11.3 Å². The van der Waals surface area contributed by atoms with E-state index in [9.17, 15) is 4.79 Å². The van der Waals surface area contributed by atoms with Crippen LogP contribution in [0, 0.1) is 6.92 Å². The summed E-state index contributed by atoms with van der Waals surface area (Å²) >= 11 is 1.45. The smallest absolute Gasteiger partial charge is 0.267 e. The fourth-order valence-electron chi connectivity index (χ4n) is 3.71. The molecule has 1 saturated heterocycles. The zero-order valence-electron chi connectivity index (χ0n) is 17.1. The van der Waals surface area contributed by atoms with Crippen molar-refractivity contribution in [3.63, 3.8) is 0 Å². The molecule has 4 nitrogen and oxygen atoms in total. The van der Waals surface area contributed by atoms with E-state index in [0.717, 1.165) is 41.5 Å². The van der Waals surface area contributed by atoms with Crippen LogP contribution in [-0.4, -0.2) is 24.0 Å². The van der Waals surface area contributed by atoms with Gasteiger partial charge in [-0.1, -0.05) is 31.2 Å². The van der Waals surface area contributed by atoms with Crippen molar-refractivity contribution in [2.75, 3.05) is 23.3 Å². The van der Waals surface area contributed by atoms with Gasteiger partial charge in [-0.25, -0.2) is 4.98 Å². The van der Waals surface area contributed by atoms with Crippen molar-refractivity contribution in [1.82, 2.24) is 4.98 Å². The molecule has 1 aliphatic heterocycles. The molecule has 29 heavy (non-hydrogen) atoms. The normalized spacial score (nSPS) is 14.1. The highest BCUT2D eigenvalue weighted by molar-refractivity contribution is 7.17. The molecular weight excluding hydrogens is 378 g/mol. The quantitative estimate of drug-likeness (QED) is 0.573. The van der Waals surface area contributed by atoms with Gasteiger partial charge in [-0.15, -0.1) is 11.3 Å². The van der Waals surface area contributed by atoms with Gasteiger partial charge in [0, 0.05) is 30.0 Å². The first-order valence-corrected chi connectivity index (χ1v) is 11.2. The van der Waals surface area contributed by atoms with Crippen molar-refractivity contribution in [3.8, 4) is 10.6 Å². The minimum Gasteiger partial charge on any atom is -0.372 e. The predicted octanol–water partition coefficient (Wildman–Crippen LogP) is 5.92. The van der Waals surface area contributed by atoms with Crippen LogP contribution in [0.2, 0.25) is 0 Å². The molecule has 1 aromatic heterocycles. The Bertz CT molecular complexity index is 970. The van der Waals surface area contributed by atoms with Crippen molar-refractivity contribution in [2.45, 2.75) is 39.5 Å². The van der Waals surface area contributed by atoms with Gasteiger partial charge in [-0.2, -0.15) is 0 Å². The minimum absolute atomic E-state index is 0.0952. The number of aryl methyl sites for hydroxylation is 2. The molecule has 4 rings (SSSR count). The minimum atomic E-state index is -0.0952. The van der Waals surface area contributed by atoms with Crippen LogP contribution in [0.3, 0.4) is 0 Å². The number of nitrogens with zero attached hydrogens (tertiary/aromatic N) is 2. The van der Waals surface area contributed by atoms with Gasteiger partial charge < -0.3 is 10.2 Å². The second-order valence-corrected chi connectivity index (χ2v) is 8.53. The summed E-state index contributed by atoms with van der Waals surface area (Å²) in [5, 5.41) is 3.91. The third-order valence-corrected chi connectivity index (χ3v) is 6.66. The summed E-state index contributed by atoms with van der Waals surface area (Å²) in [6.07, 6.45) is 4.85. The number of nitrogens with one attached hydrogen (secondary N) is 1. The maximum absolute atomic E-state index is 12.8. The van der Waals surface area contributed by atoms with E-state index in [2.05, 4.69) is 58.5 Å². The van der Waals surface area contributed by atoms with E-state index in [1.54, 1.807) is 0 Å². The van der Waals surface area contributed by atoms with Crippen LogP contribution in [0.15, 0.2) is 48.5 Å². The van der Waals surface area contributed by atoms with Crippen LogP contribution in [0.4, 0.5) is 11.4 Å². The second kappa shape index (κ2) is 8.78. The van der Waals surface area contributed by atoms with Crippen LogP contribution in [-0.2, 0) is 6.42 Å². The summed E-state index contributed by atoms with van der Waals surface area (Å²) in [6, 6.07) is 16.6. The fraction of sp³-hybridized carbons (Fsp3) is 0.333. The first kappa shape index (κ1) is 19.6. The van der Waals surface area contributed by atoms with Crippen LogP contribution in [0.1, 0.15) is 47.1 Å². The summed E-state index contributed by atoms with van der Waals surface area (Å²) in [4.78, 5) is 20.5. The van der Waals surface area contributed by atoms with Gasteiger partial charge in [0.25, 0.3) is 5.91 Å². The fourth-order valence-corrected chi connectivity index (χ4v) is 4.68. The van der Waals surface area contributed by atoms with Crippen molar-refractivity contribution in [2.24, 2.45) is 0 Å². The average Bonchev–Trinajstić information content (AvgIpc) is 3.17. The largest absolute Gasteiger partial charge is 0.372 e. The first-order valence-electron chi connectivity index (χ1n) is 10.4. The summed E-state index contributed by atoms with van der Waals surface area (Å²) in [5.74, 6) is -0.0952. The Kier molecular flexibility index (Phi) is 5.95. The maximum atomic E-state index is 12.8. The van der Waals surface area contributed by atoms with E-state index in [4.69, 9.17) is 0 Å². The number of thiazole rings is 1. The Labute approximate surface area is 176 Å². The standard InChI is InChI=1S/C24H27N3OS/c1-3-18-7-9-19(10-8-18)24-25-17(2)22(29-24)23(28)26-20-11-13-21(14-12-20)27-15-5-4-6-16-27/h7-14H,3-6,15-16H2,1-2H3,(H,26,28). The zero-order chi connectivity index (χ0) is 20.2. The average molecular weight is 406 g/mol. The number of aromatic nitrogens is 1. The molecule has 2 heterocycles. The summed E-state index contributed by atoms with van der Waals surface area (Å²) in [6.45, 7) is 6.28. The SMILES string of the molecule is CCc1ccc(-c2nc(C)c(C(=O)Nc3ccc(N4CCCCC4)cc3)s2)cc1. The Morgan fingerprint density at radius 1 is 1.03 bits per heavy atom. The summed E-state index contributed by atoms with van der Waals surface area (Å²) in [7, 11) is 0. The van der Waals surface area contributed by atoms with Gasteiger partial charge in [0.15, 0.2) is 0 Å². The van der Waals surface area contributed by atoms with Crippen LogP contribution < -0.4 is 10.2 Å². The number of amides is 1. The number of rotatable bonds is 5. The summed E-state index contributed by atoms with van der Waals surface area (Å²) in [5.41, 5.74) is 5.17. The molecule has 0 spiro atoms. The van der Waals surface area contributed by atoms with Gasteiger partial charge in [0.05, 0.1) is 5.69 Å². The van der Waals surface area contributed by atoms with Gasteiger partial charge >= 0.3 is 0 Å². The lowest BCUT2D eigenvalue weighted by Crippen LogP contribution is -2.29. The lowest BCUT2D eigenvalue weighted by Gasteiger charge is -2.28. The molecule has 0 unspecified atom stereocenters. The zero-order valence-corrected chi connectivity index (χ0v) is 17.9. The number of hydrogen-bond acceptors (Lipinski definition) is 4. The molecule has 3 aromatic rings. The third-order valence-electron chi connectivity index (χ3n) is 5.46. The van der Waals surface area contributed by atoms with Crippen molar-refractivity contribution in [3.05, 3.63) is 64.7 Å². The number of piperidine rings is 1. The molecule has 2 aromatic carbocycles. The highest BCUT2D eigenvalue weighted by Crippen LogP contribution is 2.29. The molecule has 0 bridgehead atoms. The third kappa shape index (κ3) is 4.51. The van der Waals surface area contributed by atoms with E-state index in [1.165, 1.54) is 41.9 Å². The molecule has 0 radical (unpaired) electrons. The van der Waals surface area contributed by atoms with Crippen LogP contribution in [0.5, 0.6) is 0 Å². The highest BCUT2D eigenvalue weighted by Gasteiger charge is 2.17. The summed E-state index contributed by atoms with van der Waals surface area (Å²) < 4.78 is 0. The molecular formula is C24H27N3OS. The molecule has 0 saturated carbocycles. The first-order chi connectivity index (χ1) is 14.1. The Morgan fingerprint density at radius 2 is 1.72 bits per heavy atom. The molecule has 0 aliphatic carbocycles. The van der Waals surface area contributed by atoms with Crippen LogP contribution in [0.25, 0.3) is 10.6 Å². The van der Waals surface area contributed by atoms with Gasteiger partial charge in [-0.05, 0) is 62.4 Å². The van der Waals surface area contributed by atoms with E-state index in [1.807, 2.05) is 19.1 Å². The van der Waals surface area contributed by atoms with Crippen molar-refractivity contribution < 1.29 is 4.79 Å². The topological polar surface area (TPSA) is 45.2 Å². The monoisotopic (exact) mass is 405 g/mol. The van der Waals surface area contributed by atoms with Crippen molar-refractivity contribution in [1.29, 1.82) is 0 Å². The molecule has 150 valence electrons. The Morgan fingerprint density at radius 3 is 2.38 bits per heavy atom. The molecule has 1 amide bonds. The van der Waals surface area contributed by atoms with Gasteiger partial charge in [-0.3, -0.25) is 4.79 Å². The number of carbonyl (C=O) groups excluding carboxylic acids is 1. The van der Waals surface area contributed by atoms with E-state index in [0.29, 0.717) is 4.88 Å². The Hall–Kier alpha value is -2.66. The predicted molar refractivity (Wildman–Crippen MR) is 122 cm³/mol. The van der Waals surface area contributed by atoms with E-state index < -0.39 is 0 Å². The molecule has 5 heteroatoms. The van der Waals surface area contributed by atoms with E-state index >= 15 is 0 Å².